The molecule has 1 aliphatic heterocycles. The SMILES string of the molecule is Cc1cc(C)c(CN)c(N2CCN(C3CCCC3)CC2)n1. The topological polar surface area (TPSA) is 45.4 Å². The second kappa shape index (κ2) is 6.32. The van der Waals surface area contributed by atoms with Crippen molar-refractivity contribution in [2.75, 3.05) is 31.1 Å². The molecule has 1 aliphatic carbocycles. The van der Waals surface area contributed by atoms with Crippen LogP contribution in [0, 0.1) is 13.8 Å². The second-order valence-electron chi connectivity index (χ2n) is 6.55. The molecule has 2 heterocycles. The van der Waals surface area contributed by atoms with E-state index in [9.17, 15) is 0 Å². The van der Waals surface area contributed by atoms with Crippen LogP contribution in [0.5, 0.6) is 0 Å². The molecule has 3 rings (SSSR count). The van der Waals surface area contributed by atoms with E-state index in [2.05, 4.69) is 29.7 Å². The summed E-state index contributed by atoms with van der Waals surface area (Å²) >= 11 is 0. The van der Waals surface area contributed by atoms with Crippen molar-refractivity contribution in [3.63, 3.8) is 0 Å². The Morgan fingerprint density at radius 2 is 1.81 bits per heavy atom. The van der Waals surface area contributed by atoms with Gasteiger partial charge in [0.2, 0.25) is 0 Å². The van der Waals surface area contributed by atoms with Crippen molar-refractivity contribution in [3.05, 3.63) is 22.9 Å². The monoisotopic (exact) mass is 288 g/mol. The standard InChI is InChI=1S/C17H28N4/c1-13-11-14(2)19-17(16(13)12-18)21-9-7-20(8-10-21)15-5-3-4-6-15/h11,15H,3-10,12,18H2,1-2H3. The molecule has 1 aromatic rings. The molecule has 0 unspecified atom stereocenters. The molecule has 0 bridgehead atoms. The number of nitrogens with zero attached hydrogens (tertiary/aromatic N) is 3. The summed E-state index contributed by atoms with van der Waals surface area (Å²) < 4.78 is 0. The maximum Gasteiger partial charge on any atom is 0.133 e. The van der Waals surface area contributed by atoms with E-state index in [4.69, 9.17) is 10.7 Å². The minimum Gasteiger partial charge on any atom is -0.354 e. The number of aromatic nitrogens is 1. The fourth-order valence-corrected chi connectivity index (χ4v) is 3.93. The van der Waals surface area contributed by atoms with Crippen molar-refractivity contribution in [1.82, 2.24) is 9.88 Å². The summed E-state index contributed by atoms with van der Waals surface area (Å²) in [7, 11) is 0. The van der Waals surface area contributed by atoms with Gasteiger partial charge in [0, 0.05) is 50.0 Å². The molecule has 4 heteroatoms. The first-order chi connectivity index (χ1) is 10.2. The molecule has 1 aromatic heterocycles. The van der Waals surface area contributed by atoms with Crippen LogP contribution in [0.15, 0.2) is 6.07 Å². The van der Waals surface area contributed by atoms with Gasteiger partial charge in [-0.3, -0.25) is 4.90 Å². The normalized spacial score (nSPS) is 21.2. The van der Waals surface area contributed by atoms with Crippen molar-refractivity contribution < 1.29 is 0 Å². The van der Waals surface area contributed by atoms with Crippen molar-refractivity contribution in [3.8, 4) is 0 Å². The van der Waals surface area contributed by atoms with Crippen molar-refractivity contribution in [2.24, 2.45) is 5.73 Å². The fourth-order valence-electron chi connectivity index (χ4n) is 3.93. The van der Waals surface area contributed by atoms with Crippen LogP contribution in [0.2, 0.25) is 0 Å². The van der Waals surface area contributed by atoms with Gasteiger partial charge in [0.15, 0.2) is 0 Å². The van der Waals surface area contributed by atoms with Crippen molar-refractivity contribution >= 4 is 5.82 Å². The third kappa shape index (κ3) is 3.06. The molecule has 1 saturated carbocycles. The van der Waals surface area contributed by atoms with E-state index >= 15 is 0 Å². The van der Waals surface area contributed by atoms with Crippen LogP contribution in [-0.4, -0.2) is 42.1 Å². The molecule has 1 saturated heterocycles. The van der Waals surface area contributed by atoms with Crippen molar-refractivity contribution in [1.29, 1.82) is 0 Å². The molecule has 0 spiro atoms. The van der Waals surface area contributed by atoms with E-state index in [-0.39, 0.29) is 0 Å². The first kappa shape index (κ1) is 14.8. The smallest absolute Gasteiger partial charge is 0.133 e. The molecule has 0 amide bonds. The maximum absolute atomic E-state index is 5.96. The highest BCUT2D eigenvalue weighted by Gasteiger charge is 2.27. The van der Waals surface area contributed by atoms with Crippen LogP contribution in [0.4, 0.5) is 5.82 Å². The molecular weight excluding hydrogens is 260 g/mol. The average molecular weight is 288 g/mol. The van der Waals surface area contributed by atoms with Gasteiger partial charge in [-0.05, 0) is 38.3 Å². The Hall–Kier alpha value is -1.13. The van der Waals surface area contributed by atoms with E-state index in [1.807, 2.05) is 0 Å². The second-order valence-corrected chi connectivity index (χ2v) is 6.55. The number of hydrogen-bond donors (Lipinski definition) is 1. The zero-order valence-electron chi connectivity index (χ0n) is 13.4. The summed E-state index contributed by atoms with van der Waals surface area (Å²) in [5, 5.41) is 0. The lowest BCUT2D eigenvalue weighted by atomic mass is 10.1. The molecule has 0 atom stereocenters. The number of rotatable bonds is 3. The van der Waals surface area contributed by atoms with E-state index < -0.39 is 0 Å². The van der Waals surface area contributed by atoms with Gasteiger partial charge in [-0.1, -0.05) is 12.8 Å². The Morgan fingerprint density at radius 1 is 1.14 bits per heavy atom. The summed E-state index contributed by atoms with van der Waals surface area (Å²) in [6, 6.07) is 2.98. The van der Waals surface area contributed by atoms with E-state index in [1.54, 1.807) is 0 Å². The van der Waals surface area contributed by atoms with Gasteiger partial charge in [0.25, 0.3) is 0 Å². The van der Waals surface area contributed by atoms with Gasteiger partial charge in [-0.15, -0.1) is 0 Å². The van der Waals surface area contributed by atoms with E-state index in [1.165, 1.54) is 49.9 Å². The van der Waals surface area contributed by atoms with Gasteiger partial charge in [-0.2, -0.15) is 0 Å². The van der Waals surface area contributed by atoms with Crippen LogP contribution in [-0.2, 0) is 6.54 Å². The zero-order chi connectivity index (χ0) is 14.8. The van der Waals surface area contributed by atoms with E-state index in [0.717, 1.165) is 30.6 Å². The number of anilines is 1. The van der Waals surface area contributed by atoms with Gasteiger partial charge in [0.05, 0.1) is 0 Å². The summed E-state index contributed by atoms with van der Waals surface area (Å²) in [6.07, 6.45) is 5.63. The summed E-state index contributed by atoms with van der Waals surface area (Å²) in [6.45, 7) is 9.31. The molecule has 116 valence electrons. The van der Waals surface area contributed by atoms with Crippen LogP contribution < -0.4 is 10.6 Å². The molecule has 2 N–H and O–H groups in total. The molecule has 2 fully saturated rings. The minimum absolute atomic E-state index is 0.581. The molecule has 2 aliphatic rings. The summed E-state index contributed by atoms with van der Waals surface area (Å²) in [5.41, 5.74) is 9.55. The first-order valence-corrected chi connectivity index (χ1v) is 8.35. The predicted molar refractivity (Wildman–Crippen MR) is 87.6 cm³/mol. The summed E-state index contributed by atoms with van der Waals surface area (Å²) in [5.74, 6) is 1.13. The number of piperazine rings is 1. The third-order valence-electron chi connectivity index (χ3n) is 5.11. The zero-order valence-corrected chi connectivity index (χ0v) is 13.4. The van der Waals surface area contributed by atoms with E-state index in [0.29, 0.717) is 6.54 Å². The molecular formula is C17H28N4. The Balaban J connectivity index is 1.71. The Labute approximate surface area is 128 Å². The number of pyridine rings is 1. The molecule has 0 aromatic carbocycles. The lowest BCUT2D eigenvalue weighted by Gasteiger charge is -2.39. The van der Waals surface area contributed by atoms with Gasteiger partial charge in [-0.25, -0.2) is 4.98 Å². The highest BCUT2D eigenvalue weighted by molar-refractivity contribution is 5.52. The number of aryl methyl sites for hydroxylation is 2. The first-order valence-electron chi connectivity index (χ1n) is 8.35. The quantitative estimate of drug-likeness (QED) is 0.926. The largest absolute Gasteiger partial charge is 0.354 e. The molecule has 21 heavy (non-hydrogen) atoms. The van der Waals surface area contributed by atoms with Crippen LogP contribution in [0.25, 0.3) is 0 Å². The van der Waals surface area contributed by atoms with Crippen LogP contribution in [0.1, 0.15) is 42.5 Å². The highest BCUT2D eigenvalue weighted by Crippen LogP contribution is 2.27. The third-order valence-corrected chi connectivity index (χ3v) is 5.11. The van der Waals surface area contributed by atoms with Crippen LogP contribution in [0.3, 0.4) is 0 Å². The van der Waals surface area contributed by atoms with Gasteiger partial charge >= 0.3 is 0 Å². The molecule has 0 radical (unpaired) electrons. The van der Waals surface area contributed by atoms with Gasteiger partial charge in [0.1, 0.15) is 5.82 Å². The lowest BCUT2D eigenvalue weighted by molar-refractivity contribution is 0.187. The lowest BCUT2D eigenvalue weighted by Crippen LogP contribution is -2.50. The molecule has 4 nitrogen and oxygen atoms in total. The number of nitrogens with two attached hydrogens (primary N) is 1. The average Bonchev–Trinajstić information content (AvgIpc) is 3.01. The Morgan fingerprint density at radius 3 is 2.43 bits per heavy atom. The maximum atomic E-state index is 5.96. The Bertz CT molecular complexity index is 486. The van der Waals surface area contributed by atoms with Crippen LogP contribution >= 0.6 is 0 Å². The van der Waals surface area contributed by atoms with Crippen molar-refractivity contribution in [2.45, 2.75) is 52.1 Å². The predicted octanol–water partition coefficient (Wildman–Crippen LogP) is 2.22. The Kier molecular flexibility index (Phi) is 4.45. The van der Waals surface area contributed by atoms with Gasteiger partial charge < -0.3 is 10.6 Å². The summed E-state index contributed by atoms with van der Waals surface area (Å²) in [4.78, 5) is 9.91. The fraction of sp³-hybridized carbons (Fsp3) is 0.706. The minimum atomic E-state index is 0.581. The number of hydrogen-bond acceptors (Lipinski definition) is 4. The highest BCUT2D eigenvalue weighted by atomic mass is 15.3.